The average Bonchev–Trinajstić information content (AvgIpc) is 2.84. The van der Waals surface area contributed by atoms with Crippen molar-refractivity contribution in [1.29, 1.82) is 0 Å². The molecule has 2 aromatic rings. The molecule has 0 aliphatic rings. The van der Waals surface area contributed by atoms with Crippen molar-refractivity contribution in [2.24, 2.45) is 0 Å². The van der Waals surface area contributed by atoms with E-state index in [0.29, 0.717) is 10.9 Å². The molecule has 2 rings (SSSR count). The molecule has 0 aliphatic carbocycles. The molecule has 0 amide bonds. The Kier molecular flexibility index (Phi) is 5.08. The molecule has 114 valence electrons. The molecule has 0 radical (unpaired) electrons. The lowest BCUT2D eigenvalue weighted by Gasteiger charge is -2.15. The van der Waals surface area contributed by atoms with Gasteiger partial charge < -0.3 is 20.1 Å². The summed E-state index contributed by atoms with van der Waals surface area (Å²) in [4.78, 5) is 18.8. The minimum atomic E-state index is -0.853. The Morgan fingerprint density at radius 3 is 2.90 bits per heavy atom. The molecule has 0 saturated carbocycles. The number of aromatic nitrogens is 2. The number of carbonyl (C=O) groups is 1. The predicted molar refractivity (Wildman–Crippen MR) is 83.1 cm³/mol. The summed E-state index contributed by atoms with van der Waals surface area (Å²) in [6.07, 6.45) is 0. The van der Waals surface area contributed by atoms with Gasteiger partial charge in [0, 0.05) is 17.9 Å². The third-order valence-corrected chi connectivity index (χ3v) is 3.85. The number of nitrogens with one attached hydrogen (secondary N) is 2. The minimum absolute atomic E-state index is 0.117. The van der Waals surface area contributed by atoms with Gasteiger partial charge in [0.25, 0.3) is 0 Å². The first-order valence-electron chi connectivity index (χ1n) is 6.65. The third-order valence-electron chi connectivity index (χ3n) is 2.89. The number of imidazole rings is 1. The molecular formula is C14H19N3O3S. The summed E-state index contributed by atoms with van der Waals surface area (Å²) in [6.45, 7) is 3.85. The number of aromatic amines is 1. The number of nitrogens with zero attached hydrogens (tertiary/aromatic N) is 1. The van der Waals surface area contributed by atoms with Crippen LogP contribution in [0.2, 0.25) is 0 Å². The van der Waals surface area contributed by atoms with Crippen molar-refractivity contribution in [3.8, 4) is 5.75 Å². The van der Waals surface area contributed by atoms with Gasteiger partial charge in [-0.15, -0.1) is 0 Å². The lowest BCUT2D eigenvalue weighted by atomic mass is 10.3. The Labute approximate surface area is 127 Å². The van der Waals surface area contributed by atoms with E-state index in [4.69, 9.17) is 4.74 Å². The lowest BCUT2D eigenvalue weighted by Crippen LogP contribution is -2.42. The molecule has 0 bridgehead atoms. The van der Waals surface area contributed by atoms with E-state index < -0.39 is 12.0 Å². The largest absolute Gasteiger partial charge is 0.497 e. The molecule has 1 heterocycles. The van der Waals surface area contributed by atoms with E-state index in [2.05, 4.69) is 15.3 Å². The summed E-state index contributed by atoms with van der Waals surface area (Å²) in [5.41, 5.74) is 1.71. The van der Waals surface area contributed by atoms with Gasteiger partial charge in [-0.3, -0.25) is 4.79 Å². The van der Waals surface area contributed by atoms with Gasteiger partial charge in [-0.2, -0.15) is 0 Å². The fraction of sp³-hybridized carbons (Fsp3) is 0.429. The zero-order valence-corrected chi connectivity index (χ0v) is 13.0. The van der Waals surface area contributed by atoms with Crippen molar-refractivity contribution >= 4 is 28.8 Å². The van der Waals surface area contributed by atoms with Crippen LogP contribution in [0.3, 0.4) is 0 Å². The number of carboxylic acid groups (broad SMARTS) is 1. The summed E-state index contributed by atoms with van der Waals surface area (Å²) in [5.74, 6) is 0.311. The SMILES string of the molecule is COc1ccc2nc(SCC(NC(C)C)C(=O)O)[nH]c2c1. The van der Waals surface area contributed by atoms with E-state index >= 15 is 0 Å². The molecule has 7 heteroatoms. The number of fused-ring (bicyclic) bond motifs is 1. The minimum Gasteiger partial charge on any atom is -0.497 e. The molecule has 0 saturated heterocycles. The summed E-state index contributed by atoms with van der Waals surface area (Å²) >= 11 is 1.39. The number of rotatable bonds is 7. The zero-order chi connectivity index (χ0) is 15.4. The molecule has 1 aromatic heterocycles. The average molecular weight is 309 g/mol. The number of benzene rings is 1. The molecule has 0 aliphatic heterocycles. The monoisotopic (exact) mass is 309 g/mol. The maximum Gasteiger partial charge on any atom is 0.321 e. The first kappa shape index (κ1) is 15.7. The number of hydrogen-bond acceptors (Lipinski definition) is 5. The molecule has 21 heavy (non-hydrogen) atoms. The molecule has 3 N–H and O–H groups in total. The van der Waals surface area contributed by atoms with Crippen molar-refractivity contribution in [2.45, 2.75) is 31.1 Å². The number of carboxylic acids is 1. The molecule has 0 fully saturated rings. The number of aliphatic carboxylic acids is 1. The first-order valence-corrected chi connectivity index (χ1v) is 7.63. The summed E-state index contributed by atoms with van der Waals surface area (Å²) in [7, 11) is 1.61. The predicted octanol–water partition coefficient (Wildman–Crippen LogP) is 2.11. The number of hydrogen-bond donors (Lipinski definition) is 3. The summed E-state index contributed by atoms with van der Waals surface area (Å²) < 4.78 is 5.16. The molecular weight excluding hydrogens is 290 g/mol. The van der Waals surface area contributed by atoms with E-state index in [9.17, 15) is 9.90 Å². The van der Waals surface area contributed by atoms with Crippen LogP contribution in [0, 0.1) is 0 Å². The summed E-state index contributed by atoms with van der Waals surface area (Å²) in [6, 6.07) is 5.10. The number of H-pyrrole nitrogens is 1. The smallest absolute Gasteiger partial charge is 0.321 e. The second-order valence-electron chi connectivity index (χ2n) is 4.95. The maximum absolute atomic E-state index is 11.2. The van der Waals surface area contributed by atoms with Gasteiger partial charge >= 0.3 is 5.97 Å². The topological polar surface area (TPSA) is 87.2 Å². The standard InChI is InChI=1S/C14H19N3O3S/c1-8(2)15-12(13(18)19)7-21-14-16-10-5-4-9(20-3)6-11(10)17-14/h4-6,8,12,15H,7H2,1-3H3,(H,16,17)(H,18,19). The summed E-state index contributed by atoms with van der Waals surface area (Å²) in [5, 5.41) is 12.9. The van der Waals surface area contributed by atoms with Gasteiger partial charge in [0.1, 0.15) is 11.8 Å². The second-order valence-corrected chi connectivity index (χ2v) is 5.96. The van der Waals surface area contributed by atoms with E-state index in [-0.39, 0.29) is 6.04 Å². The van der Waals surface area contributed by atoms with Gasteiger partial charge in [-0.05, 0) is 12.1 Å². The Morgan fingerprint density at radius 1 is 1.52 bits per heavy atom. The van der Waals surface area contributed by atoms with Crippen LogP contribution < -0.4 is 10.1 Å². The van der Waals surface area contributed by atoms with Crippen molar-refractivity contribution in [3.05, 3.63) is 18.2 Å². The van der Waals surface area contributed by atoms with Crippen LogP contribution in [-0.4, -0.2) is 46.0 Å². The van der Waals surface area contributed by atoms with Gasteiger partial charge in [-0.25, -0.2) is 4.98 Å². The Balaban J connectivity index is 2.06. The normalized spacial score (nSPS) is 12.8. The van der Waals surface area contributed by atoms with Crippen LogP contribution in [0.25, 0.3) is 11.0 Å². The van der Waals surface area contributed by atoms with E-state index in [1.54, 1.807) is 7.11 Å². The molecule has 6 nitrogen and oxygen atoms in total. The second kappa shape index (κ2) is 6.82. The third kappa shape index (κ3) is 4.12. The van der Waals surface area contributed by atoms with Gasteiger partial charge in [0.2, 0.25) is 0 Å². The highest BCUT2D eigenvalue weighted by Gasteiger charge is 2.19. The first-order chi connectivity index (χ1) is 9.99. The Hall–Kier alpha value is -1.73. The van der Waals surface area contributed by atoms with Crippen LogP contribution in [0.15, 0.2) is 23.4 Å². The van der Waals surface area contributed by atoms with E-state index in [1.807, 2.05) is 32.0 Å². The van der Waals surface area contributed by atoms with Gasteiger partial charge in [-0.1, -0.05) is 25.6 Å². The van der Waals surface area contributed by atoms with Gasteiger partial charge in [0.05, 0.1) is 18.1 Å². The van der Waals surface area contributed by atoms with Crippen molar-refractivity contribution in [2.75, 3.05) is 12.9 Å². The van der Waals surface area contributed by atoms with Crippen molar-refractivity contribution in [1.82, 2.24) is 15.3 Å². The van der Waals surface area contributed by atoms with Crippen LogP contribution >= 0.6 is 11.8 Å². The highest BCUT2D eigenvalue weighted by molar-refractivity contribution is 7.99. The lowest BCUT2D eigenvalue weighted by molar-refractivity contribution is -0.139. The Morgan fingerprint density at radius 2 is 2.29 bits per heavy atom. The fourth-order valence-corrected chi connectivity index (χ4v) is 2.82. The van der Waals surface area contributed by atoms with Crippen LogP contribution in [0.1, 0.15) is 13.8 Å². The van der Waals surface area contributed by atoms with E-state index in [1.165, 1.54) is 11.8 Å². The number of ether oxygens (including phenoxy) is 1. The highest BCUT2D eigenvalue weighted by atomic mass is 32.2. The molecule has 0 spiro atoms. The molecule has 1 atom stereocenters. The zero-order valence-electron chi connectivity index (χ0n) is 12.2. The van der Waals surface area contributed by atoms with Crippen LogP contribution in [0.4, 0.5) is 0 Å². The van der Waals surface area contributed by atoms with Crippen LogP contribution in [0.5, 0.6) is 5.75 Å². The van der Waals surface area contributed by atoms with Crippen LogP contribution in [-0.2, 0) is 4.79 Å². The van der Waals surface area contributed by atoms with E-state index in [0.717, 1.165) is 16.8 Å². The Bertz CT molecular complexity index is 627. The number of methoxy groups -OCH3 is 1. The van der Waals surface area contributed by atoms with Gasteiger partial charge in [0.15, 0.2) is 5.16 Å². The van der Waals surface area contributed by atoms with Crippen molar-refractivity contribution in [3.63, 3.8) is 0 Å². The fourth-order valence-electron chi connectivity index (χ4n) is 1.92. The van der Waals surface area contributed by atoms with Crippen molar-refractivity contribution < 1.29 is 14.6 Å². The highest BCUT2D eigenvalue weighted by Crippen LogP contribution is 2.23. The maximum atomic E-state index is 11.2. The quantitative estimate of drug-likeness (QED) is 0.679. The molecule has 1 aromatic carbocycles. The molecule has 1 unspecified atom stereocenters. The number of thioether (sulfide) groups is 1.